The molecule has 0 amide bonds. The lowest BCUT2D eigenvalue weighted by atomic mass is 10.2. The molecule has 0 aromatic heterocycles. The second kappa shape index (κ2) is 4.75. The molecule has 0 fully saturated rings. The summed E-state index contributed by atoms with van der Waals surface area (Å²) >= 11 is 6.42. The van der Waals surface area contributed by atoms with Crippen LogP contribution in [0.3, 0.4) is 0 Å². The molecule has 14 heavy (non-hydrogen) atoms. The van der Waals surface area contributed by atoms with Crippen LogP contribution in [0.4, 0.5) is 5.69 Å². The summed E-state index contributed by atoms with van der Waals surface area (Å²) in [5, 5.41) is 11.2. The molecule has 0 aliphatic carbocycles. The first-order valence-electron chi connectivity index (χ1n) is 3.67. The Kier molecular flexibility index (Phi) is 3.88. The van der Waals surface area contributed by atoms with Gasteiger partial charge in [-0.3, -0.25) is 10.1 Å². The number of nitro groups is 1. The van der Waals surface area contributed by atoms with E-state index in [1.165, 1.54) is 13.2 Å². The Hall–Kier alpha value is -0.620. The van der Waals surface area contributed by atoms with Gasteiger partial charge in [0.2, 0.25) is 0 Å². The van der Waals surface area contributed by atoms with Crippen molar-refractivity contribution >= 4 is 37.5 Å². The van der Waals surface area contributed by atoms with Gasteiger partial charge in [-0.25, -0.2) is 0 Å². The predicted octanol–water partition coefficient (Wildman–Crippen LogP) is 3.26. The molecule has 0 unspecified atom stereocenters. The summed E-state index contributed by atoms with van der Waals surface area (Å²) in [5.74, 6) is 0.481. The van der Waals surface area contributed by atoms with E-state index in [1.807, 2.05) is 0 Å². The van der Waals surface area contributed by atoms with E-state index in [0.29, 0.717) is 15.6 Å². The van der Waals surface area contributed by atoms with Crippen molar-refractivity contribution in [1.82, 2.24) is 0 Å². The minimum atomic E-state index is -0.446. The van der Waals surface area contributed by atoms with E-state index in [0.717, 1.165) is 5.56 Å². The normalized spacial score (nSPS) is 9.93. The maximum Gasteiger partial charge on any atom is 0.287 e. The summed E-state index contributed by atoms with van der Waals surface area (Å²) in [6.07, 6.45) is 0. The summed E-state index contributed by atoms with van der Waals surface area (Å²) in [4.78, 5) is 10.2. The largest absolute Gasteiger partial charge is 0.496 e. The molecule has 0 spiro atoms. The van der Waals surface area contributed by atoms with Gasteiger partial charge in [0.05, 0.1) is 22.6 Å². The molecule has 1 aromatic rings. The third-order valence-electron chi connectivity index (χ3n) is 1.68. The minimum absolute atomic E-state index is 0.0128. The van der Waals surface area contributed by atoms with E-state index >= 15 is 0 Å². The van der Waals surface area contributed by atoms with Gasteiger partial charge in [0.1, 0.15) is 5.75 Å². The highest BCUT2D eigenvalue weighted by Gasteiger charge is 2.17. The lowest BCUT2D eigenvalue weighted by Crippen LogP contribution is -1.94. The maximum absolute atomic E-state index is 10.7. The van der Waals surface area contributed by atoms with Gasteiger partial charge in [-0.05, 0) is 27.6 Å². The van der Waals surface area contributed by atoms with Crippen LogP contribution in [-0.2, 0) is 5.33 Å². The number of nitro benzene ring substituents is 1. The molecule has 1 aromatic carbocycles. The van der Waals surface area contributed by atoms with E-state index in [9.17, 15) is 10.1 Å². The van der Waals surface area contributed by atoms with Crippen molar-refractivity contribution in [2.24, 2.45) is 0 Å². The number of alkyl halides is 1. The quantitative estimate of drug-likeness (QED) is 0.487. The Morgan fingerprint density at radius 2 is 2.21 bits per heavy atom. The highest BCUT2D eigenvalue weighted by molar-refractivity contribution is 9.11. The van der Waals surface area contributed by atoms with Crippen LogP contribution in [0.1, 0.15) is 5.56 Å². The van der Waals surface area contributed by atoms with Crippen LogP contribution in [0.15, 0.2) is 16.6 Å². The Morgan fingerprint density at radius 1 is 1.57 bits per heavy atom. The fraction of sp³-hybridized carbons (Fsp3) is 0.250. The van der Waals surface area contributed by atoms with Crippen molar-refractivity contribution in [1.29, 1.82) is 0 Å². The summed E-state index contributed by atoms with van der Waals surface area (Å²) in [6, 6.07) is 3.13. The molecule has 76 valence electrons. The number of ether oxygens (including phenoxy) is 1. The summed E-state index contributed by atoms with van der Waals surface area (Å²) < 4.78 is 5.44. The van der Waals surface area contributed by atoms with Crippen LogP contribution >= 0.6 is 31.9 Å². The molecule has 1 rings (SSSR count). The van der Waals surface area contributed by atoms with Crippen molar-refractivity contribution in [3.05, 3.63) is 32.3 Å². The molecule has 0 saturated heterocycles. The smallest absolute Gasteiger partial charge is 0.287 e. The van der Waals surface area contributed by atoms with Gasteiger partial charge in [-0.1, -0.05) is 15.9 Å². The monoisotopic (exact) mass is 323 g/mol. The molecule has 0 bridgehead atoms. The Bertz CT molecular complexity index is 368. The van der Waals surface area contributed by atoms with E-state index in [4.69, 9.17) is 4.74 Å². The van der Waals surface area contributed by atoms with Crippen LogP contribution in [-0.4, -0.2) is 12.0 Å². The number of hydrogen-bond acceptors (Lipinski definition) is 3. The fourth-order valence-electron chi connectivity index (χ4n) is 0.987. The average molecular weight is 325 g/mol. The standard InChI is InChI=1S/C8H7Br2NO3/c1-14-6-2-5(4-9)8(10)7(3-6)11(12)13/h2-3H,4H2,1H3. The summed E-state index contributed by atoms with van der Waals surface area (Å²) in [6.45, 7) is 0. The first kappa shape index (κ1) is 11.5. The molecule has 0 aliphatic heterocycles. The Balaban J connectivity index is 3.34. The fourth-order valence-corrected chi connectivity index (χ4v) is 2.32. The highest BCUT2D eigenvalue weighted by atomic mass is 79.9. The number of nitrogens with zero attached hydrogens (tertiary/aromatic N) is 1. The maximum atomic E-state index is 10.7. The zero-order valence-electron chi connectivity index (χ0n) is 7.29. The molecular formula is C8H7Br2NO3. The van der Waals surface area contributed by atoms with Gasteiger partial charge < -0.3 is 4.74 Å². The van der Waals surface area contributed by atoms with Crippen molar-refractivity contribution in [2.45, 2.75) is 5.33 Å². The molecule has 0 saturated carbocycles. The first-order valence-corrected chi connectivity index (χ1v) is 5.58. The Morgan fingerprint density at radius 3 is 2.64 bits per heavy atom. The van der Waals surface area contributed by atoms with Gasteiger partial charge in [0.15, 0.2) is 0 Å². The predicted molar refractivity (Wildman–Crippen MR) is 60.0 cm³/mol. The van der Waals surface area contributed by atoms with E-state index in [1.54, 1.807) is 6.07 Å². The van der Waals surface area contributed by atoms with Crippen molar-refractivity contribution in [3.8, 4) is 5.75 Å². The van der Waals surface area contributed by atoms with Gasteiger partial charge in [-0.2, -0.15) is 0 Å². The second-order valence-corrected chi connectivity index (χ2v) is 3.86. The summed E-state index contributed by atoms with van der Waals surface area (Å²) in [7, 11) is 1.48. The van der Waals surface area contributed by atoms with Crippen LogP contribution in [0, 0.1) is 10.1 Å². The average Bonchev–Trinajstić information content (AvgIpc) is 2.17. The lowest BCUT2D eigenvalue weighted by molar-refractivity contribution is -0.385. The number of benzene rings is 1. The van der Waals surface area contributed by atoms with Gasteiger partial charge >= 0.3 is 0 Å². The second-order valence-electron chi connectivity index (χ2n) is 2.51. The molecule has 6 heteroatoms. The number of rotatable bonds is 3. The molecule has 0 aliphatic rings. The number of methoxy groups -OCH3 is 1. The zero-order chi connectivity index (χ0) is 10.7. The molecule has 0 atom stereocenters. The van der Waals surface area contributed by atoms with Crippen LogP contribution in [0.5, 0.6) is 5.75 Å². The number of halogens is 2. The molecule has 4 nitrogen and oxygen atoms in total. The van der Waals surface area contributed by atoms with Crippen LogP contribution < -0.4 is 4.74 Å². The third kappa shape index (κ3) is 2.24. The summed E-state index contributed by atoms with van der Waals surface area (Å²) in [5.41, 5.74) is 0.801. The highest BCUT2D eigenvalue weighted by Crippen LogP contribution is 2.34. The zero-order valence-corrected chi connectivity index (χ0v) is 10.5. The van der Waals surface area contributed by atoms with Crippen LogP contribution in [0.2, 0.25) is 0 Å². The topological polar surface area (TPSA) is 52.4 Å². The first-order chi connectivity index (χ1) is 6.60. The lowest BCUT2D eigenvalue weighted by Gasteiger charge is -2.05. The molecule has 0 radical (unpaired) electrons. The van der Waals surface area contributed by atoms with Gasteiger partial charge in [0, 0.05) is 5.33 Å². The minimum Gasteiger partial charge on any atom is -0.496 e. The van der Waals surface area contributed by atoms with Crippen LogP contribution in [0.25, 0.3) is 0 Å². The molecule has 0 N–H and O–H groups in total. The third-order valence-corrected chi connectivity index (χ3v) is 3.20. The van der Waals surface area contributed by atoms with E-state index < -0.39 is 4.92 Å². The number of hydrogen-bond donors (Lipinski definition) is 0. The van der Waals surface area contributed by atoms with Crippen molar-refractivity contribution in [2.75, 3.05) is 7.11 Å². The molecule has 0 heterocycles. The Labute approximate surface area is 97.7 Å². The van der Waals surface area contributed by atoms with Crippen molar-refractivity contribution in [3.63, 3.8) is 0 Å². The van der Waals surface area contributed by atoms with E-state index in [2.05, 4.69) is 31.9 Å². The van der Waals surface area contributed by atoms with Gasteiger partial charge in [-0.15, -0.1) is 0 Å². The molecular weight excluding hydrogens is 318 g/mol. The SMILES string of the molecule is COc1cc(CBr)c(Br)c([N+](=O)[O-])c1. The van der Waals surface area contributed by atoms with Crippen molar-refractivity contribution < 1.29 is 9.66 Å². The van der Waals surface area contributed by atoms with Gasteiger partial charge in [0.25, 0.3) is 5.69 Å². The van der Waals surface area contributed by atoms with E-state index in [-0.39, 0.29) is 5.69 Å².